The average molecular weight is 253 g/mol. The van der Waals surface area contributed by atoms with Gasteiger partial charge in [0.2, 0.25) is 0 Å². The van der Waals surface area contributed by atoms with Crippen molar-refractivity contribution < 1.29 is 14.2 Å². The van der Waals surface area contributed by atoms with E-state index in [-0.39, 0.29) is 5.92 Å². The average Bonchev–Trinajstić information content (AvgIpc) is 2.38. The van der Waals surface area contributed by atoms with E-state index in [1.807, 2.05) is 12.1 Å². The SMILES string of the molecule is COc1cc(OC)c(C(CN)C(C)C)c(OC)c1. The molecule has 0 spiro atoms. The van der Waals surface area contributed by atoms with Crippen LogP contribution in [0.3, 0.4) is 0 Å². The van der Waals surface area contributed by atoms with Crippen molar-refractivity contribution in [2.75, 3.05) is 27.9 Å². The Kier molecular flexibility index (Phi) is 5.28. The van der Waals surface area contributed by atoms with E-state index in [9.17, 15) is 0 Å². The number of hydrogen-bond donors (Lipinski definition) is 1. The van der Waals surface area contributed by atoms with Crippen molar-refractivity contribution in [2.24, 2.45) is 11.7 Å². The predicted octanol–water partition coefficient (Wildman–Crippen LogP) is 2.41. The van der Waals surface area contributed by atoms with Gasteiger partial charge in [-0.2, -0.15) is 0 Å². The molecule has 0 aliphatic rings. The third-order valence-electron chi connectivity index (χ3n) is 3.18. The Morgan fingerprint density at radius 3 is 1.78 bits per heavy atom. The molecule has 0 aromatic heterocycles. The summed E-state index contributed by atoms with van der Waals surface area (Å²) in [6, 6.07) is 3.73. The van der Waals surface area contributed by atoms with Gasteiger partial charge < -0.3 is 19.9 Å². The first-order chi connectivity index (χ1) is 8.58. The van der Waals surface area contributed by atoms with E-state index < -0.39 is 0 Å². The highest BCUT2D eigenvalue weighted by atomic mass is 16.5. The minimum atomic E-state index is 0.195. The van der Waals surface area contributed by atoms with E-state index in [2.05, 4.69) is 13.8 Å². The van der Waals surface area contributed by atoms with Crippen LogP contribution in [-0.2, 0) is 0 Å². The van der Waals surface area contributed by atoms with E-state index in [1.54, 1.807) is 21.3 Å². The lowest BCUT2D eigenvalue weighted by molar-refractivity contribution is 0.355. The summed E-state index contributed by atoms with van der Waals surface area (Å²) in [4.78, 5) is 0. The van der Waals surface area contributed by atoms with E-state index in [4.69, 9.17) is 19.9 Å². The van der Waals surface area contributed by atoms with Crippen LogP contribution >= 0.6 is 0 Å². The summed E-state index contributed by atoms with van der Waals surface area (Å²) >= 11 is 0. The van der Waals surface area contributed by atoms with Gasteiger partial charge in [-0.3, -0.25) is 0 Å². The smallest absolute Gasteiger partial charge is 0.129 e. The number of methoxy groups -OCH3 is 3. The summed E-state index contributed by atoms with van der Waals surface area (Å²) in [7, 11) is 4.91. The topological polar surface area (TPSA) is 53.7 Å². The molecule has 0 saturated carbocycles. The largest absolute Gasteiger partial charge is 0.496 e. The lowest BCUT2D eigenvalue weighted by atomic mass is 9.87. The van der Waals surface area contributed by atoms with Gasteiger partial charge in [0, 0.05) is 23.6 Å². The Morgan fingerprint density at radius 2 is 1.50 bits per heavy atom. The summed E-state index contributed by atoms with van der Waals surface area (Å²) in [6.45, 7) is 4.83. The predicted molar refractivity (Wildman–Crippen MR) is 72.7 cm³/mol. The van der Waals surface area contributed by atoms with Gasteiger partial charge in [-0.15, -0.1) is 0 Å². The van der Waals surface area contributed by atoms with Gasteiger partial charge in [-0.1, -0.05) is 13.8 Å². The Labute approximate surface area is 109 Å². The fraction of sp³-hybridized carbons (Fsp3) is 0.571. The quantitative estimate of drug-likeness (QED) is 0.846. The molecule has 0 amide bonds. The highest BCUT2D eigenvalue weighted by molar-refractivity contribution is 5.52. The second-order valence-electron chi connectivity index (χ2n) is 4.53. The van der Waals surface area contributed by atoms with Gasteiger partial charge in [0.05, 0.1) is 21.3 Å². The van der Waals surface area contributed by atoms with E-state index in [1.165, 1.54) is 0 Å². The maximum absolute atomic E-state index is 5.88. The van der Waals surface area contributed by atoms with Gasteiger partial charge in [-0.25, -0.2) is 0 Å². The lowest BCUT2D eigenvalue weighted by Gasteiger charge is -2.24. The highest BCUT2D eigenvalue weighted by Crippen LogP contribution is 2.41. The Hall–Kier alpha value is -1.42. The molecule has 2 N–H and O–H groups in total. The summed E-state index contributed by atoms with van der Waals surface area (Å²) < 4.78 is 16.1. The van der Waals surface area contributed by atoms with Crippen molar-refractivity contribution in [3.63, 3.8) is 0 Å². The molecule has 18 heavy (non-hydrogen) atoms. The van der Waals surface area contributed by atoms with Crippen molar-refractivity contribution >= 4 is 0 Å². The van der Waals surface area contributed by atoms with Crippen LogP contribution in [0.5, 0.6) is 17.2 Å². The number of benzene rings is 1. The maximum atomic E-state index is 5.88. The molecule has 1 aromatic rings. The summed E-state index contributed by atoms with van der Waals surface area (Å²) in [5.74, 6) is 2.84. The normalized spacial score (nSPS) is 12.4. The molecule has 0 fully saturated rings. The number of ether oxygens (including phenoxy) is 3. The van der Waals surface area contributed by atoms with Gasteiger partial charge in [0.1, 0.15) is 17.2 Å². The van der Waals surface area contributed by atoms with E-state index in [0.29, 0.717) is 18.2 Å². The van der Waals surface area contributed by atoms with Gasteiger partial charge in [-0.05, 0) is 12.5 Å². The molecule has 1 unspecified atom stereocenters. The van der Waals surface area contributed by atoms with E-state index in [0.717, 1.165) is 17.1 Å². The Morgan fingerprint density at radius 1 is 1.00 bits per heavy atom. The van der Waals surface area contributed by atoms with Crippen LogP contribution < -0.4 is 19.9 Å². The molecule has 4 nitrogen and oxygen atoms in total. The minimum absolute atomic E-state index is 0.195. The zero-order valence-corrected chi connectivity index (χ0v) is 11.8. The molecule has 1 atom stereocenters. The molecule has 4 heteroatoms. The fourth-order valence-corrected chi connectivity index (χ4v) is 2.12. The van der Waals surface area contributed by atoms with Crippen molar-refractivity contribution in [2.45, 2.75) is 19.8 Å². The van der Waals surface area contributed by atoms with Crippen molar-refractivity contribution in [3.8, 4) is 17.2 Å². The molecule has 0 aliphatic carbocycles. The second-order valence-corrected chi connectivity index (χ2v) is 4.53. The third-order valence-corrected chi connectivity index (χ3v) is 3.18. The first kappa shape index (κ1) is 14.6. The molecule has 0 aliphatic heterocycles. The van der Waals surface area contributed by atoms with Gasteiger partial charge in [0.25, 0.3) is 0 Å². The van der Waals surface area contributed by atoms with Crippen LogP contribution in [0.15, 0.2) is 12.1 Å². The third kappa shape index (κ3) is 2.88. The van der Waals surface area contributed by atoms with Crippen molar-refractivity contribution in [3.05, 3.63) is 17.7 Å². The lowest BCUT2D eigenvalue weighted by Crippen LogP contribution is -2.19. The highest BCUT2D eigenvalue weighted by Gasteiger charge is 2.23. The molecule has 0 bridgehead atoms. The monoisotopic (exact) mass is 253 g/mol. The fourth-order valence-electron chi connectivity index (χ4n) is 2.12. The summed E-state index contributed by atoms with van der Waals surface area (Å²) in [5, 5.41) is 0. The number of hydrogen-bond acceptors (Lipinski definition) is 4. The molecule has 0 heterocycles. The van der Waals surface area contributed by atoms with Crippen LogP contribution in [0.4, 0.5) is 0 Å². The molecule has 0 radical (unpaired) electrons. The van der Waals surface area contributed by atoms with Crippen LogP contribution in [0.1, 0.15) is 25.3 Å². The second kappa shape index (κ2) is 6.50. The molecular formula is C14H23NO3. The first-order valence-electron chi connectivity index (χ1n) is 6.09. The Balaban J connectivity index is 3.38. The molecular weight excluding hydrogens is 230 g/mol. The summed E-state index contributed by atoms with van der Waals surface area (Å²) in [6.07, 6.45) is 0. The summed E-state index contributed by atoms with van der Waals surface area (Å²) in [5.41, 5.74) is 6.89. The molecule has 1 aromatic carbocycles. The van der Waals surface area contributed by atoms with E-state index >= 15 is 0 Å². The molecule has 0 saturated heterocycles. The minimum Gasteiger partial charge on any atom is -0.496 e. The zero-order chi connectivity index (χ0) is 13.7. The first-order valence-corrected chi connectivity index (χ1v) is 6.09. The van der Waals surface area contributed by atoms with Gasteiger partial charge >= 0.3 is 0 Å². The van der Waals surface area contributed by atoms with Crippen LogP contribution in [-0.4, -0.2) is 27.9 Å². The van der Waals surface area contributed by atoms with Crippen LogP contribution in [0.2, 0.25) is 0 Å². The number of rotatable bonds is 6. The zero-order valence-electron chi connectivity index (χ0n) is 11.8. The van der Waals surface area contributed by atoms with Gasteiger partial charge in [0.15, 0.2) is 0 Å². The number of nitrogens with two attached hydrogens (primary N) is 1. The molecule has 1 rings (SSSR count). The standard InChI is InChI=1S/C14H23NO3/c1-9(2)11(8-15)14-12(17-4)6-10(16-3)7-13(14)18-5/h6-7,9,11H,8,15H2,1-5H3. The van der Waals surface area contributed by atoms with Crippen molar-refractivity contribution in [1.29, 1.82) is 0 Å². The van der Waals surface area contributed by atoms with Crippen LogP contribution in [0, 0.1) is 5.92 Å². The Bertz CT molecular complexity index is 366. The van der Waals surface area contributed by atoms with Crippen molar-refractivity contribution in [1.82, 2.24) is 0 Å². The maximum Gasteiger partial charge on any atom is 0.129 e. The molecule has 102 valence electrons. The van der Waals surface area contributed by atoms with Crippen LogP contribution in [0.25, 0.3) is 0 Å².